The fourth-order valence-corrected chi connectivity index (χ4v) is 4.46. The first kappa shape index (κ1) is 19.8. The van der Waals surface area contributed by atoms with Crippen molar-refractivity contribution in [2.75, 3.05) is 53.6 Å². The SMILES string of the molecule is CCN1CC2(CCCN(CCOc3c(OC)cccc3OC)C2)CCC1=O. The second-order valence-corrected chi connectivity index (χ2v) is 7.63. The van der Waals surface area contributed by atoms with E-state index >= 15 is 0 Å². The molecule has 0 saturated carbocycles. The Bertz CT molecular complexity index is 629. The largest absolute Gasteiger partial charge is 0.493 e. The number of carbonyl (C=O) groups excluding carboxylic acids is 1. The van der Waals surface area contributed by atoms with E-state index in [0.717, 1.165) is 39.1 Å². The zero-order valence-corrected chi connectivity index (χ0v) is 16.8. The predicted molar refractivity (Wildman–Crippen MR) is 105 cm³/mol. The van der Waals surface area contributed by atoms with Crippen molar-refractivity contribution in [1.82, 2.24) is 9.80 Å². The maximum absolute atomic E-state index is 12.1. The van der Waals surface area contributed by atoms with E-state index in [0.29, 0.717) is 36.2 Å². The Morgan fingerprint density at radius 3 is 2.52 bits per heavy atom. The van der Waals surface area contributed by atoms with Gasteiger partial charge in [-0.1, -0.05) is 6.07 Å². The van der Waals surface area contributed by atoms with Crippen molar-refractivity contribution in [3.8, 4) is 17.2 Å². The molecule has 1 atom stereocenters. The molecule has 6 nitrogen and oxygen atoms in total. The fourth-order valence-electron chi connectivity index (χ4n) is 4.46. The average molecular weight is 376 g/mol. The number of methoxy groups -OCH3 is 2. The summed E-state index contributed by atoms with van der Waals surface area (Å²) in [6.45, 7) is 7.38. The number of hydrogen-bond donors (Lipinski definition) is 0. The van der Waals surface area contributed by atoms with Gasteiger partial charge in [-0.15, -0.1) is 0 Å². The highest BCUT2D eigenvalue weighted by molar-refractivity contribution is 5.77. The summed E-state index contributed by atoms with van der Waals surface area (Å²) in [6.07, 6.45) is 4.11. The second-order valence-electron chi connectivity index (χ2n) is 7.63. The Labute approximate surface area is 162 Å². The minimum Gasteiger partial charge on any atom is -0.493 e. The number of carbonyl (C=O) groups is 1. The third kappa shape index (κ3) is 4.49. The number of benzene rings is 1. The van der Waals surface area contributed by atoms with Crippen molar-refractivity contribution in [1.29, 1.82) is 0 Å². The van der Waals surface area contributed by atoms with E-state index in [1.807, 2.05) is 23.1 Å². The maximum Gasteiger partial charge on any atom is 0.222 e. The van der Waals surface area contributed by atoms with E-state index in [-0.39, 0.29) is 5.41 Å². The number of hydrogen-bond acceptors (Lipinski definition) is 5. The first-order valence-corrected chi connectivity index (χ1v) is 9.95. The van der Waals surface area contributed by atoms with Crippen LogP contribution < -0.4 is 14.2 Å². The lowest BCUT2D eigenvalue weighted by Gasteiger charge is -2.48. The molecule has 1 aromatic carbocycles. The maximum atomic E-state index is 12.1. The minimum atomic E-state index is 0.254. The number of piperidine rings is 2. The van der Waals surface area contributed by atoms with Crippen molar-refractivity contribution in [2.24, 2.45) is 5.41 Å². The predicted octanol–water partition coefficient (Wildman–Crippen LogP) is 2.81. The number of para-hydroxylation sites is 1. The number of likely N-dealkylation sites (tertiary alicyclic amines) is 2. The Morgan fingerprint density at radius 2 is 1.85 bits per heavy atom. The summed E-state index contributed by atoms with van der Waals surface area (Å²) in [4.78, 5) is 16.6. The molecule has 1 aromatic rings. The summed E-state index contributed by atoms with van der Waals surface area (Å²) in [5.41, 5.74) is 0.254. The lowest BCUT2D eigenvalue weighted by Crippen LogP contribution is -2.54. The zero-order chi connectivity index (χ0) is 19.3. The van der Waals surface area contributed by atoms with Gasteiger partial charge in [0.1, 0.15) is 6.61 Å². The zero-order valence-electron chi connectivity index (χ0n) is 16.8. The summed E-state index contributed by atoms with van der Waals surface area (Å²) < 4.78 is 16.8. The Hall–Kier alpha value is -1.95. The van der Waals surface area contributed by atoms with E-state index < -0.39 is 0 Å². The van der Waals surface area contributed by atoms with Gasteiger partial charge in [0, 0.05) is 38.0 Å². The third-order valence-corrected chi connectivity index (χ3v) is 5.91. The van der Waals surface area contributed by atoms with Crippen LogP contribution in [0, 0.1) is 5.41 Å². The van der Waals surface area contributed by atoms with Crippen LogP contribution in [-0.4, -0.2) is 69.3 Å². The summed E-state index contributed by atoms with van der Waals surface area (Å²) in [5, 5.41) is 0. The van der Waals surface area contributed by atoms with E-state index in [1.165, 1.54) is 12.8 Å². The van der Waals surface area contributed by atoms with Crippen molar-refractivity contribution in [3.63, 3.8) is 0 Å². The lowest BCUT2D eigenvalue weighted by molar-refractivity contribution is -0.139. The Morgan fingerprint density at radius 1 is 1.11 bits per heavy atom. The summed E-state index contributed by atoms with van der Waals surface area (Å²) >= 11 is 0. The van der Waals surface area contributed by atoms with Crippen molar-refractivity contribution >= 4 is 5.91 Å². The molecule has 1 amide bonds. The molecule has 3 rings (SSSR count). The van der Waals surface area contributed by atoms with Crippen LogP contribution in [-0.2, 0) is 4.79 Å². The molecule has 2 saturated heterocycles. The number of amides is 1. The van der Waals surface area contributed by atoms with Gasteiger partial charge in [0.15, 0.2) is 11.5 Å². The van der Waals surface area contributed by atoms with E-state index in [9.17, 15) is 4.79 Å². The fraction of sp³-hybridized carbons (Fsp3) is 0.667. The average Bonchev–Trinajstić information content (AvgIpc) is 2.70. The normalized spacial score (nSPS) is 23.5. The van der Waals surface area contributed by atoms with Gasteiger partial charge >= 0.3 is 0 Å². The molecule has 0 N–H and O–H groups in total. The molecule has 2 heterocycles. The highest BCUT2D eigenvalue weighted by Gasteiger charge is 2.41. The summed E-state index contributed by atoms with van der Waals surface area (Å²) in [7, 11) is 3.28. The number of nitrogens with zero attached hydrogens (tertiary/aromatic N) is 2. The topological polar surface area (TPSA) is 51.2 Å². The molecule has 2 aliphatic rings. The van der Waals surface area contributed by atoms with Gasteiger partial charge in [-0.2, -0.15) is 0 Å². The molecule has 150 valence electrons. The Kier molecular flexibility index (Phi) is 6.47. The van der Waals surface area contributed by atoms with Gasteiger partial charge in [0.25, 0.3) is 0 Å². The molecule has 0 aliphatic carbocycles. The molecular formula is C21H32N2O4. The van der Waals surface area contributed by atoms with Crippen LogP contribution in [0.3, 0.4) is 0 Å². The van der Waals surface area contributed by atoms with Gasteiger partial charge in [-0.3, -0.25) is 9.69 Å². The van der Waals surface area contributed by atoms with Crippen LogP contribution in [0.1, 0.15) is 32.6 Å². The number of rotatable bonds is 7. The van der Waals surface area contributed by atoms with Crippen LogP contribution in [0.15, 0.2) is 18.2 Å². The van der Waals surface area contributed by atoms with E-state index in [1.54, 1.807) is 14.2 Å². The first-order valence-electron chi connectivity index (χ1n) is 9.95. The van der Waals surface area contributed by atoms with Crippen LogP contribution in [0.2, 0.25) is 0 Å². The lowest BCUT2D eigenvalue weighted by atomic mass is 9.73. The van der Waals surface area contributed by atoms with Crippen LogP contribution in [0.5, 0.6) is 17.2 Å². The minimum absolute atomic E-state index is 0.254. The summed E-state index contributed by atoms with van der Waals surface area (Å²) in [5.74, 6) is 2.35. The van der Waals surface area contributed by atoms with Gasteiger partial charge in [0.05, 0.1) is 14.2 Å². The molecule has 0 bridgehead atoms. The number of ether oxygens (including phenoxy) is 3. The highest BCUT2D eigenvalue weighted by Crippen LogP contribution is 2.39. The molecule has 27 heavy (non-hydrogen) atoms. The van der Waals surface area contributed by atoms with Crippen molar-refractivity contribution in [3.05, 3.63) is 18.2 Å². The Balaban J connectivity index is 1.57. The second kappa shape index (κ2) is 8.83. The first-order chi connectivity index (χ1) is 13.1. The van der Waals surface area contributed by atoms with Crippen LogP contribution >= 0.6 is 0 Å². The van der Waals surface area contributed by atoms with Crippen LogP contribution in [0.4, 0.5) is 0 Å². The quantitative estimate of drug-likeness (QED) is 0.732. The molecule has 1 spiro atoms. The van der Waals surface area contributed by atoms with Gasteiger partial charge < -0.3 is 19.1 Å². The highest BCUT2D eigenvalue weighted by atomic mass is 16.5. The van der Waals surface area contributed by atoms with Gasteiger partial charge in [-0.25, -0.2) is 0 Å². The standard InChI is InChI=1S/C21H32N2O4/c1-4-23-16-21(11-9-19(23)24)10-6-12-22(15-21)13-14-27-20-17(25-2)7-5-8-18(20)26-3/h5,7-8H,4,6,9-16H2,1-3H3. The molecular weight excluding hydrogens is 344 g/mol. The molecule has 0 aromatic heterocycles. The van der Waals surface area contributed by atoms with Gasteiger partial charge in [-0.05, 0) is 44.9 Å². The monoisotopic (exact) mass is 376 g/mol. The smallest absolute Gasteiger partial charge is 0.222 e. The third-order valence-electron chi connectivity index (χ3n) is 5.91. The van der Waals surface area contributed by atoms with E-state index in [4.69, 9.17) is 14.2 Å². The van der Waals surface area contributed by atoms with Crippen molar-refractivity contribution in [2.45, 2.75) is 32.6 Å². The molecule has 6 heteroatoms. The molecule has 0 radical (unpaired) electrons. The van der Waals surface area contributed by atoms with E-state index in [2.05, 4.69) is 11.8 Å². The molecule has 2 aliphatic heterocycles. The molecule has 2 fully saturated rings. The van der Waals surface area contributed by atoms with Gasteiger partial charge in [0.2, 0.25) is 11.7 Å². The van der Waals surface area contributed by atoms with Crippen LogP contribution in [0.25, 0.3) is 0 Å². The van der Waals surface area contributed by atoms with Crippen molar-refractivity contribution < 1.29 is 19.0 Å². The molecule has 1 unspecified atom stereocenters. The summed E-state index contributed by atoms with van der Waals surface area (Å²) in [6, 6.07) is 5.65.